The van der Waals surface area contributed by atoms with Crippen LogP contribution in [0, 0.1) is 17.0 Å². The Hall–Kier alpha value is -2.72. The normalized spacial score (nSPS) is 11.7. The molecule has 0 atom stereocenters. The maximum Gasteiger partial charge on any atom is 0.273 e. The molecular formula is C18H14ClNO3. The molecule has 0 aliphatic heterocycles. The smallest absolute Gasteiger partial charge is 0.273 e. The van der Waals surface area contributed by atoms with Gasteiger partial charge in [-0.05, 0) is 30.7 Å². The lowest BCUT2D eigenvalue weighted by Gasteiger charge is -2.00. The summed E-state index contributed by atoms with van der Waals surface area (Å²) in [6, 6.07) is 13.8. The molecule has 0 aromatic heterocycles. The Bertz CT molecular complexity index is 795. The molecule has 4 nitrogen and oxygen atoms in total. The van der Waals surface area contributed by atoms with Gasteiger partial charge in [0.2, 0.25) is 0 Å². The largest absolute Gasteiger partial charge is 0.289 e. The van der Waals surface area contributed by atoms with E-state index in [0.29, 0.717) is 10.6 Å². The summed E-state index contributed by atoms with van der Waals surface area (Å²) in [7, 11) is 0. The monoisotopic (exact) mass is 327 g/mol. The predicted octanol–water partition coefficient (Wildman–Crippen LogP) is 4.92. The van der Waals surface area contributed by atoms with E-state index in [-0.39, 0.29) is 17.0 Å². The van der Waals surface area contributed by atoms with E-state index in [1.165, 1.54) is 18.2 Å². The van der Waals surface area contributed by atoms with E-state index in [1.54, 1.807) is 25.1 Å². The number of rotatable bonds is 5. The van der Waals surface area contributed by atoms with E-state index in [1.807, 2.05) is 30.3 Å². The van der Waals surface area contributed by atoms with E-state index >= 15 is 0 Å². The van der Waals surface area contributed by atoms with E-state index in [4.69, 9.17) is 11.6 Å². The van der Waals surface area contributed by atoms with Gasteiger partial charge in [0, 0.05) is 22.2 Å². The Morgan fingerprint density at radius 3 is 2.48 bits per heavy atom. The molecule has 0 bridgehead atoms. The lowest BCUT2D eigenvalue weighted by Crippen LogP contribution is -1.98. The van der Waals surface area contributed by atoms with E-state index in [0.717, 1.165) is 5.56 Å². The summed E-state index contributed by atoms with van der Waals surface area (Å²) < 4.78 is 0. The molecule has 0 heterocycles. The summed E-state index contributed by atoms with van der Waals surface area (Å²) in [6.07, 6.45) is 4.50. The number of nitrogens with zero attached hydrogens (tertiary/aromatic N) is 1. The molecule has 2 aromatic rings. The number of ketones is 1. The number of carbonyl (C=O) groups excluding carboxylic acids is 1. The van der Waals surface area contributed by atoms with Gasteiger partial charge in [-0.25, -0.2) is 0 Å². The Morgan fingerprint density at radius 1 is 1.13 bits per heavy atom. The van der Waals surface area contributed by atoms with Crippen LogP contribution in [-0.2, 0) is 0 Å². The minimum Gasteiger partial charge on any atom is -0.289 e. The van der Waals surface area contributed by atoms with Gasteiger partial charge in [0.15, 0.2) is 5.78 Å². The minimum absolute atomic E-state index is 0.0739. The second kappa shape index (κ2) is 7.51. The van der Waals surface area contributed by atoms with E-state index in [9.17, 15) is 14.9 Å². The van der Waals surface area contributed by atoms with Crippen molar-refractivity contribution >= 4 is 29.1 Å². The van der Waals surface area contributed by atoms with Crippen molar-refractivity contribution in [2.24, 2.45) is 0 Å². The zero-order chi connectivity index (χ0) is 16.8. The molecule has 5 heteroatoms. The number of carbonyl (C=O) groups is 1. The van der Waals surface area contributed by atoms with Crippen LogP contribution in [0.3, 0.4) is 0 Å². The molecule has 0 spiro atoms. The van der Waals surface area contributed by atoms with Crippen LogP contribution in [0.5, 0.6) is 0 Å². The second-order valence-electron chi connectivity index (χ2n) is 4.90. The van der Waals surface area contributed by atoms with Gasteiger partial charge in [0.25, 0.3) is 5.69 Å². The molecule has 0 amide bonds. The third-order valence-electron chi connectivity index (χ3n) is 3.19. The van der Waals surface area contributed by atoms with Gasteiger partial charge in [-0.3, -0.25) is 14.9 Å². The maximum atomic E-state index is 12.1. The van der Waals surface area contributed by atoms with Gasteiger partial charge in [0.05, 0.1) is 4.92 Å². The highest BCUT2D eigenvalue weighted by molar-refractivity contribution is 6.33. The van der Waals surface area contributed by atoms with Gasteiger partial charge >= 0.3 is 0 Å². The Kier molecular flexibility index (Phi) is 5.44. The van der Waals surface area contributed by atoms with Crippen molar-refractivity contribution in [3.05, 3.63) is 92.5 Å². The summed E-state index contributed by atoms with van der Waals surface area (Å²) in [5.74, 6) is -0.340. The van der Waals surface area contributed by atoms with Gasteiger partial charge < -0.3 is 0 Å². The summed E-state index contributed by atoms with van der Waals surface area (Å²) in [6.45, 7) is 1.63. The third kappa shape index (κ3) is 4.63. The lowest BCUT2D eigenvalue weighted by molar-refractivity contribution is -0.385. The molecule has 2 rings (SSSR count). The molecule has 0 N–H and O–H groups in total. The number of aryl methyl sites for hydroxylation is 1. The number of nitro groups is 1. The fourth-order valence-corrected chi connectivity index (χ4v) is 2.16. The van der Waals surface area contributed by atoms with Crippen molar-refractivity contribution in [2.75, 3.05) is 0 Å². The van der Waals surface area contributed by atoms with Crippen LogP contribution in [0.2, 0.25) is 0 Å². The highest BCUT2D eigenvalue weighted by Gasteiger charge is 2.13. The molecule has 0 saturated carbocycles. The van der Waals surface area contributed by atoms with Gasteiger partial charge in [-0.2, -0.15) is 0 Å². The summed E-state index contributed by atoms with van der Waals surface area (Å²) in [4.78, 5) is 22.5. The second-order valence-corrected chi connectivity index (χ2v) is 5.33. The average Bonchev–Trinajstić information content (AvgIpc) is 2.53. The fourth-order valence-electron chi connectivity index (χ4n) is 1.97. The Balaban J connectivity index is 2.17. The molecule has 0 aliphatic carbocycles. The highest BCUT2D eigenvalue weighted by atomic mass is 35.5. The summed E-state index contributed by atoms with van der Waals surface area (Å²) >= 11 is 6.07. The first-order valence-electron chi connectivity index (χ1n) is 6.87. The van der Waals surface area contributed by atoms with Crippen LogP contribution in [0.1, 0.15) is 21.5 Å². The highest BCUT2D eigenvalue weighted by Crippen LogP contribution is 2.20. The standard InChI is InChI=1S/C18H14ClNO3/c1-13-7-8-15(12-17(13)20(22)23)18(21)10-9-16(19)11-14-5-3-2-4-6-14/h2-12H,1H3/b10-9+,16-11-. The summed E-state index contributed by atoms with van der Waals surface area (Å²) in [5.41, 5.74) is 1.61. The van der Waals surface area contributed by atoms with Crippen molar-refractivity contribution in [3.8, 4) is 0 Å². The molecular weight excluding hydrogens is 314 g/mol. The van der Waals surface area contributed by atoms with Gasteiger partial charge in [0.1, 0.15) is 0 Å². The Labute approximate surface area is 138 Å². The first-order chi connectivity index (χ1) is 11.0. The first-order valence-corrected chi connectivity index (χ1v) is 7.25. The molecule has 2 aromatic carbocycles. The minimum atomic E-state index is -0.502. The molecule has 0 fully saturated rings. The lowest BCUT2D eigenvalue weighted by atomic mass is 10.1. The number of benzene rings is 2. The van der Waals surface area contributed by atoms with Crippen molar-refractivity contribution in [1.82, 2.24) is 0 Å². The third-order valence-corrected chi connectivity index (χ3v) is 3.42. The molecule has 0 aliphatic rings. The zero-order valence-electron chi connectivity index (χ0n) is 12.4. The van der Waals surface area contributed by atoms with Crippen LogP contribution < -0.4 is 0 Å². The van der Waals surface area contributed by atoms with Crippen LogP contribution in [-0.4, -0.2) is 10.7 Å². The quantitative estimate of drug-likeness (QED) is 0.257. The van der Waals surface area contributed by atoms with Crippen LogP contribution >= 0.6 is 11.6 Å². The summed E-state index contributed by atoms with van der Waals surface area (Å²) in [5, 5.41) is 11.3. The number of allylic oxidation sites excluding steroid dienone is 3. The van der Waals surface area contributed by atoms with Crippen LogP contribution in [0.25, 0.3) is 6.08 Å². The van der Waals surface area contributed by atoms with Gasteiger partial charge in [-0.15, -0.1) is 0 Å². The van der Waals surface area contributed by atoms with Crippen molar-refractivity contribution in [1.29, 1.82) is 0 Å². The molecule has 0 radical (unpaired) electrons. The van der Waals surface area contributed by atoms with Crippen LogP contribution in [0.4, 0.5) is 5.69 Å². The van der Waals surface area contributed by atoms with Crippen molar-refractivity contribution in [3.63, 3.8) is 0 Å². The van der Waals surface area contributed by atoms with Crippen LogP contribution in [0.15, 0.2) is 65.7 Å². The molecule has 0 saturated heterocycles. The molecule has 0 unspecified atom stereocenters. The zero-order valence-corrected chi connectivity index (χ0v) is 13.2. The number of hydrogen-bond acceptors (Lipinski definition) is 3. The Morgan fingerprint density at radius 2 is 1.83 bits per heavy atom. The maximum absolute atomic E-state index is 12.1. The predicted molar refractivity (Wildman–Crippen MR) is 91.6 cm³/mol. The van der Waals surface area contributed by atoms with E-state index < -0.39 is 4.92 Å². The number of nitro benzene ring substituents is 1. The number of halogens is 1. The SMILES string of the molecule is Cc1ccc(C(=O)/C=C/C(Cl)=C/c2ccccc2)cc1[N+](=O)[O-]. The molecule has 23 heavy (non-hydrogen) atoms. The first kappa shape index (κ1) is 16.6. The average molecular weight is 328 g/mol. The molecule has 116 valence electrons. The van der Waals surface area contributed by atoms with Gasteiger partial charge in [-0.1, -0.05) is 54.1 Å². The van der Waals surface area contributed by atoms with E-state index in [2.05, 4.69) is 0 Å². The number of hydrogen-bond donors (Lipinski definition) is 0. The fraction of sp³-hybridized carbons (Fsp3) is 0.0556. The topological polar surface area (TPSA) is 60.2 Å². The van der Waals surface area contributed by atoms with Crippen molar-refractivity contribution in [2.45, 2.75) is 6.92 Å². The van der Waals surface area contributed by atoms with Crippen molar-refractivity contribution < 1.29 is 9.72 Å².